The van der Waals surface area contributed by atoms with Gasteiger partial charge in [-0.2, -0.15) is 13.2 Å². The smallest absolute Gasteiger partial charge is 0.399 e. The highest BCUT2D eigenvalue weighted by atomic mass is 19.4. The molecule has 1 rings (SSSR count). The lowest BCUT2D eigenvalue weighted by Crippen LogP contribution is -2.32. The summed E-state index contributed by atoms with van der Waals surface area (Å²) in [6.07, 6.45) is -4.56. The molecule has 0 aliphatic heterocycles. The zero-order chi connectivity index (χ0) is 13.9. The third kappa shape index (κ3) is 2.94. The van der Waals surface area contributed by atoms with E-state index < -0.39 is 23.2 Å². The maximum absolute atomic E-state index is 12.8. The molecular formula is C12H15F3N2O. The van der Waals surface area contributed by atoms with Crippen LogP contribution in [0.25, 0.3) is 0 Å². The Bertz CT molecular complexity index is 439. The summed E-state index contributed by atoms with van der Waals surface area (Å²) in [4.78, 5) is 13.3. The van der Waals surface area contributed by atoms with E-state index in [1.807, 2.05) is 0 Å². The van der Waals surface area contributed by atoms with Crippen molar-refractivity contribution in [2.75, 3.05) is 18.8 Å². The van der Waals surface area contributed by atoms with Crippen LogP contribution in [0.15, 0.2) is 18.2 Å². The number of anilines is 1. The number of nitrogen functional groups attached to an aromatic ring is 1. The topological polar surface area (TPSA) is 46.3 Å². The van der Waals surface area contributed by atoms with Crippen molar-refractivity contribution < 1.29 is 18.0 Å². The third-order valence-electron chi connectivity index (χ3n) is 2.63. The van der Waals surface area contributed by atoms with Crippen molar-refractivity contribution in [2.24, 2.45) is 0 Å². The van der Waals surface area contributed by atoms with E-state index in [0.717, 1.165) is 18.2 Å². The van der Waals surface area contributed by atoms with Crippen molar-refractivity contribution in [1.82, 2.24) is 4.90 Å². The van der Waals surface area contributed by atoms with E-state index in [4.69, 9.17) is 5.73 Å². The summed E-state index contributed by atoms with van der Waals surface area (Å²) >= 11 is 0. The Balaban J connectivity index is 3.29. The molecule has 6 heteroatoms. The maximum atomic E-state index is 12.8. The molecule has 2 N–H and O–H groups in total. The Kier molecular flexibility index (Phi) is 4.21. The summed E-state index contributed by atoms with van der Waals surface area (Å²) < 4.78 is 38.4. The Morgan fingerprint density at radius 3 is 2.28 bits per heavy atom. The maximum Gasteiger partial charge on any atom is 0.417 e. The number of nitrogens with two attached hydrogens (primary N) is 1. The van der Waals surface area contributed by atoms with E-state index in [9.17, 15) is 18.0 Å². The standard InChI is InChI=1S/C12H15F3N2O/c1-3-17(4-2)11(18)9-7-8(16)5-6-10(9)12(13,14)15/h5-7H,3-4,16H2,1-2H3. The predicted molar refractivity (Wildman–Crippen MR) is 63.1 cm³/mol. The molecule has 1 aromatic carbocycles. The number of halogens is 3. The number of carbonyl (C=O) groups excluding carboxylic acids is 1. The molecule has 3 nitrogen and oxygen atoms in total. The first-order chi connectivity index (χ1) is 8.31. The van der Waals surface area contributed by atoms with Gasteiger partial charge in [0, 0.05) is 18.8 Å². The number of hydrogen-bond acceptors (Lipinski definition) is 2. The van der Waals surface area contributed by atoms with E-state index in [0.29, 0.717) is 13.1 Å². The van der Waals surface area contributed by atoms with Crippen molar-refractivity contribution >= 4 is 11.6 Å². The zero-order valence-electron chi connectivity index (χ0n) is 10.2. The Hall–Kier alpha value is -1.72. The Morgan fingerprint density at radius 2 is 1.83 bits per heavy atom. The van der Waals surface area contributed by atoms with Gasteiger partial charge in [0.2, 0.25) is 0 Å². The largest absolute Gasteiger partial charge is 0.417 e. The predicted octanol–water partition coefficient (Wildman–Crippen LogP) is 2.77. The lowest BCUT2D eigenvalue weighted by atomic mass is 10.0. The number of nitrogens with zero attached hydrogens (tertiary/aromatic N) is 1. The van der Waals surface area contributed by atoms with Gasteiger partial charge in [-0.05, 0) is 32.0 Å². The molecule has 0 spiro atoms. The van der Waals surface area contributed by atoms with Gasteiger partial charge in [-0.15, -0.1) is 0 Å². The summed E-state index contributed by atoms with van der Waals surface area (Å²) in [5, 5.41) is 0. The second-order valence-electron chi connectivity index (χ2n) is 3.78. The number of carbonyl (C=O) groups is 1. The minimum atomic E-state index is -4.56. The second-order valence-corrected chi connectivity index (χ2v) is 3.78. The summed E-state index contributed by atoms with van der Waals surface area (Å²) in [6.45, 7) is 4.12. The fourth-order valence-electron chi connectivity index (χ4n) is 1.67. The lowest BCUT2D eigenvalue weighted by Gasteiger charge is -2.21. The molecule has 1 amide bonds. The van der Waals surface area contributed by atoms with Gasteiger partial charge >= 0.3 is 6.18 Å². The van der Waals surface area contributed by atoms with Gasteiger partial charge in [0.05, 0.1) is 11.1 Å². The van der Waals surface area contributed by atoms with Crippen LogP contribution in [0.5, 0.6) is 0 Å². The van der Waals surface area contributed by atoms with Gasteiger partial charge in [-0.3, -0.25) is 4.79 Å². The third-order valence-corrected chi connectivity index (χ3v) is 2.63. The first kappa shape index (κ1) is 14.3. The molecule has 1 aromatic rings. The minimum absolute atomic E-state index is 0.138. The minimum Gasteiger partial charge on any atom is -0.399 e. The fraction of sp³-hybridized carbons (Fsp3) is 0.417. The highest BCUT2D eigenvalue weighted by Gasteiger charge is 2.35. The van der Waals surface area contributed by atoms with Crippen molar-refractivity contribution in [1.29, 1.82) is 0 Å². The van der Waals surface area contributed by atoms with Gasteiger partial charge in [0.15, 0.2) is 0 Å². The molecule has 0 aliphatic carbocycles. The Labute approximate surface area is 103 Å². The zero-order valence-corrected chi connectivity index (χ0v) is 10.2. The molecule has 0 heterocycles. The molecule has 0 aromatic heterocycles. The summed E-state index contributed by atoms with van der Waals surface area (Å²) in [5.74, 6) is -0.653. The van der Waals surface area contributed by atoms with Crippen LogP contribution in [0.3, 0.4) is 0 Å². The van der Waals surface area contributed by atoms with Crippen LogP contribution in [-0.2, 0) is 6.18 Å². The summed E-state index contributed by atoms with van der Waals surface area (Å²) in [6, 6.07) is 3.05. The molecule has 0 saturated carbocycles. The molecule has 0 radical (unpaired) electrons. The monoisotopic (exact) mass is 260 g/mol. The van der Waals surface area contributed by atoms with Crippen molar-refractivity contribution in [2.45, 2.75) is 20.0 Å². The second kappa shape index (κ2) is 5.29. The summed E-state index contributed by atoms with van der Waals surface area (Å²) in [7, 11) is 0. The molecule has 18 heavy (non-hydrogen) atoms. The lowest BCUT2D eigenvalue weighted by molar-refractivity contribution is -0.138. The highest BCUT2D eigenvalue weighted by Crippen LogP contribution is 2.33. The fourth-order valence-corrected chi connectivity index (χ4v) is 1.67. The van der Waals surface area contributed by atoms with Gasteiger partial charge in [0.1, 0.15) is 0 Å². The quantitative estimate of drug-likeness (QED) is 0.849. The first-order valence-corrected chi connectivity index (χ1v) is 5.57. The van der Waals surface area contributed by atoms with Crippen molar-refractivity contribution in [3.8, 4) is 0 Å². The molecular weight excluding hydrogens is 245 g/mol. The Morgan fingerprint density at radius 1 is 1.28 bits per heavy atom. The van der Waals surface area contributed by atoms with Crippen LogP contribution >= 0.6 is 0 Å². The van der Waals surface area contributed by atoms with Gasteiger partial charge in [0.25, 0.3) is 5.91 Å². The van der Waals surface area contributed by atoms with Crippen LogP contribution < -0.4 is 5.73 Å². The van der Waals surface area contributed by atoms with E-state index >= 15 is 0 Å². The van der Waals surface area contributed by atoms with Crippen LogP contribution in [0.4, 0.5) is 18.9 Å². The SMILES string of the molecule is CCN(CC)C(=O)c1cc(N)ccc1C(F)(F)F. The molecule has 0 fully saturated rings. The van der Waals surface area contributed by atoms with Crippen LogP contribution in [0, 0.1) is 0 Å². The van der Waals surface area contributed by atoms with Crippen LogP contribution in [-0.4, -0.2) is 23.9 Å². The molecule has 100 valence electrons. The van der Waals surface area contributed by atoms with E-state index in [1.54, 1.807) is 13.8 Å². The van der Waals surface area contributed by atoms with Crippen molar-refractivity contribution in [3.63, 3.8) is 0 Å². The van der Waals surface area contributed by atoms with E-state index in [-0.39, 0.29) is 5.69 Å². The average Bonchev–Trinajstić information content (AvgIpc) is 2.28. The number of hydrogen-bond donors (Lipinski definition) is 1. The summed E-state index contributed by atoms with van der Waals surface area (Å²) in [5.41, 5.74) is 4.24. The average molecular weight is 260 g/mol. The molecule has 0 saturated heterocycles. The molecule has 0 unspecified atom stereocenters. The van der Waals surface area contributed by atoms with Crippen molar-refractivity contribution in [3.05, 3.63) is 29.3 Å². The number of benzene rings is 1. The molecule has 0 atom stereocenters. The van der Waals surface area contributed by atoms with Gasteiger partial charge < -0.3 is 10.6 Å². The van der Waals surface area contributed by atoms with Crippen LogP contribution in [0.1, 0.15) is 29.8 Å². The van der Waals surface area contributed by atoms with Gasteiger partial charge in [-0.1, -0.05) is 0 Å². The molecule has 0 aliphatic rings. The number of alkyl halides is 3. The molecule has 0 bridgehead atoms. The van der Waals surface area contributed by atoms with Gasteiger partial charge in [-0.25, -0.2) is 0 Å². The van der Waals surface area contributed by atoms with E-state index in [1.165, 1.54) is 4.90 Å². The number of rotatable bonds is 3. The number of amides is 1. The van der Waals surface area contributed by atoms with E-state index in [2.05, 4.69) is 0 Å². The normalized spacial score (nSPS) is 11.4. The first-order valence-electron chi connectivity index (χ1n) is 5.57. The van der Waals surface area contributed by atoms with Crippen LogP contribution in [0.2, 0.25) is 0 Å². The highest BCUT2D eigenvalue weighted by molar-refractivity contribution is 5.96.